The Morgan fingerprint density at radius 1 is 1.14 bits per heavy atom. The van der Waals surface area contributed by atoms with Crippen molar-refractivity contribution in [2.24, 2.45) is 0 Å². The third-order valence-corrected chi connectivity index (χ3v) is 7.25. The molecule has 1 aliphatic rings. The lowest BCUT2D eigenvalue weighted by Gasteiger charge is -2.24. The molecule has 4 aromatic rings. The van der Waals surface area contributed by atoms with Crippen LogP contribution in [-0.4, -0.2) is 34.0 Å². The third kappa shape index (κ3) is 3.84. The molecule has 2 heterocycles. The lowest BCUT2D eigenvalue weighted by atomic mass is 9.95. The van der Waals surface area contributed by atoms with E-state index < -0.39 is 23.5 Å². The van der Waals surface area contributed by atoms with Gasteiger partial charge >= 0.3 is 5.91 Å². The van der Waals surface area contributed by atoms with Crippen molar-refractivity contribution in [1.82, 2.24) is 4.98 Å². The zero-order chi connectivity index (χ0) is 24.9. The summed E-state index contributed by atoms with van der Waals surface area (Å²) in [5, 5.41) is 21.6. The zero-order valence-electron chi connectivity index (χ0n) is 18.0. The molecule has 1 aliphatic heterocycles. The van der Waals surface area contributed by atoms with Gasteiger partial charge in [0.2, 0.25) is 0 Å². The Morgan fingerprint density at radius 2 is 1.89 bits per heavy atom. The first-order valence-corrected chi connectivity index (χ1v) is 11.9. The number of aromatic nitrogens is 1. The molecule has 10 heteroatoms. The summed E-state index contributed by atoms with van der Waals surface area (Å²) in [7, 11) is 1.37. The van der Waals surface area contributed by atoms with Crippen molar-refractivity contribution in [2.75, 3.05) is 12.0 Å². The van der Waals surface area contributed by atoms with Gasteiger partial charge in [0.15, 0.2) is 16.6 Å². The Balaban J connectivity index is 1.78. The van der Waals surface area contributed by atoms with Crippen LogP contribution >= 0.6 is 27.3 Å². The topological polar surface area (TPSA) is 100.0 Å². The van der Waals surface area contributed by atoms with Gasteiger partial charge < -0.3 is 14.9 Å². The Labute approximate surface area is 210 Å². The van der Waals surface area contributed by atoms with E-state index in [1.165, 1.54) is 42.3 Å². The van der Waals surface area contributed by atoms with Gasteiger partial charge in [-0.3, -0.25) is 14.5 Å². The van der Waals surface area contributed by atoms with Crippen molar-refractivity contribution in [3.05, 3.63) is 87.7 Å². The lowest BCUT2D eigenvalue weighted by Crippen LogP contribution is -2.29. The Bertz CT molecular complexity index is 1540. The molecule has 0 aliphatic carbocycles. The number of phenolic OH excluding ortho intramolecular Hbond substituents is 1. The number of Topliss-reactive ketones (excluding diaryl/α,β-unsaturated/α-hetero) is 1. The number of hydrogen-bond acceptors (Lipinski definition) is 7. The van der Waals surface area contributed by atoms with Gasteiger partial charge in [-0.15, -0.1) is 0 Å². The van der Waals surface area contributed by atoms with Crippen molar-refractivity contribution < 1.29 is 28.9 Å². The number of fused-ring (bicyclic) bond motifs is 1. The number of thiazole rings is 1. The van der Waals surface area contributed by atoms with Gasteiger partial charge in [-0.25, -0.2) is 9.37 Å². The number of halogens is 2. The summed E-state index contributed by atoms with van der Waals surface area (Å²) in [6, 6.07) is 14.4. The number of phenols is 1. The number of aliphatic hydroxyl groups is 1. The summed E-state index contributed by atoms with van der Waals surface area (Å²) in [5.41, 5.74) is 1.05. The average Bonchev–Trinajstić information content (AvgIpc) is 3.38. The molecule has 1 amide bonds. The van der Waals surface area contributed by atoms with E-state index in [9.17, 15) is 24.2 Å². The Hall–Kier alpha value is -3.76. The fourth-order valence-corrected chi connectivity index (χ4v) is 5.47. The number of nitrogens with zero attached hydrogens (tertiary/aromatic N) is 2. The monoisotopic (exact) mass is 554 g/mol. The maximum atomic E-state index is 13.8. The van der Waals surface area contributed by atoms with Crippen molar-refractivity contribution >= 4 is 60.1 Å². The molecule has 2 N–H and O–H groups in total. The van der Waals surface area contributed by atoms with Gasteiger partial charge in [0.1, 0.15) is 11.6 Å². The first-order chi connectivity index (χ1) is 16.8. The fourth-order valence-electron chi connectivity index (χ4n) is 3.99. The number of carbonyl (C=O) groups is 2. The quantitative estimate of drug-likeness (QED) is 0.195. The Kier molecular flexibility index (Phi) is 5.78. The maximum absolute atomic E-state index is 13.8. The molecule has 1 unspecified atom stereocenters. The standard InChI is InChI=1S/C25H16BrFN2O5S/c1-34-17-10-13(9-15(26)22(17)31)20-19(21(30)12-5-3-2-4-6-12)23(32)24(33)29(20)25-28-16-8-7-14(27)11-18(16)35-25/h2-11,20,30-31H,1H3/b21-19+. The molecule has 1 atom stereocenters. The van der Waals surface area contributed by atoms with Crippen LogP contribution in [0, 0.1) is 5.82 Å². The van der Waals surface area contributed by atoms with Crippen molar-refractivity contribution in [3.8, 4) is 11.5 Å². The molecule has 0 radical (unpaired) electrons. The number of hydrogen-bond donors (Lipinski definition) is 2. The van der Waals surface area contributed by atoms with Crippen LogP contribution in [0.4, 0.5) is 9.52 Å². The summed E-state index contributed by atoms with van der Waals surface area (Å²) in [6.45, 7) is 0. The zero-order valence-corrected chi connectivity index (χ0v) is 20.4. The van der Waals surface area contributed by atoms with Crippen molar-refractivity contribution in [3.63, 3.8) is 0 Å². The number of ether oxygens (including phenoxy) is 1. The number of rotatable bonds is 4. The molecular formula is C25H16BrFN2O5S. The molecule has 0 spiro atoms. The van der Waals surface area contributed by atoms with Crippen LogP contribution in [-0.2, 0) is 9.59 Å². The van der Waals surface area contributed by atoms with Gasteiger partial charge in [0, 0.05) is 5.56 Å². The summed E-state index contributed by atoms with van der Waals surface area (Å²) < 4.78 is 19.8. The van der Waals surface area contributed by atoms with Crippen LogP contribution in [0.15, 0.2) is 70.7 Å². The molecule has 35 heavy (non-hydrogen) atoms. The number of anilines is 1. The molecule has 1 aromatic heterocycles. The van der Waals surface area contributed by atoms with E-state index in [0.717, 1.165) is 11.3 Å². The van der Waals surface area contributed by atoms with Gasteiger partial charge in [0.05, 0.1) is 33.4 Å². The Morgan fingerprint density at radius 3 is 2.60 bits per heavy atom. The highest BCUT2D eigenvalue weighted by Crippen LogP contribution is 2.47. The smallest absolute Gasteiger partial charge is 0.301 e. The molecule has 5 rings (SSSR count). The normalized spacial score (nSPS) is 17.3. The highest BCUT2D eigenvalue weighted by Gasteiger charge is 2.48. The molecule has 1 fully saturated rings. The van der Waals surface area contributed by atoms with Crippen LogP contribution in [0.3, 0.4) is 0 Å². The minimum atomic E-state index is -1.09. The van der Waals surface area contributed by atoms with Crippen LogP contribution < -0.4 is 9.64 Å². The lowest BCUT2D eigenvalue weighted by molar-refractivity contribution is -0.132. The second-order valence-corrected chi connectivity index (χ2v) is 9.56. The predicted molar refractivity (Wildman–Crippen MR) is 133 cm³/mol. The average molecular weight is 555 g/mol. The molecule has 7 nitrogen and oxygen atoms in total. The van der Waals surface area contributed by atoms with Gasteiger partial charge in [0.25, 0.3) is 5.78 Å². The molecular weight excluding hydrogens is 539 g/mol. The second kappa shape index (κ2) is 8.79. The molecule has 1 saturated heterocycles. The van der Waals surface area contributed by atoms with E-state index in [0.29, 0.717) is 21.3 Å². The van der Waals surface area contributed by atoms with Crippen LogP contribution in [0.1, 0.15) is 17.2 Å². The molecule has 3 aromatic carbocycles. The minimum Gasteiger partial charge on any atom is -0.507 e. The third-order valence-electron chi connectivity index (χ3n) is 5.62. The summed E-state index contributed by atoms with van der Waals surface area (Å²) >= 11 is 4.32. The van der Waals surface area contributed by atoms with Crippen molar-refractivity contribution in [2.45, 2.75) is 6.04 Å². The summed E-state index contributed by atoms with van der Waals surface area (Å²) in [6.07, 6.45) is 0. The van der Waals surface area contributed by atoms with E-state index in [-0.39, 0.29) is 32.4 Å². The van der Waals surface area contributed by atoms with E-state index in [4.69, 9.17) is 4.74 Å². The fraction of sp³-hybridized carbons (Fsp3) is 0.0800. The number of amides is 1. The van der Waals surface area contributed by atoms with E-state index >= 15 is 0 Å². The first-order valence-electron chi connectivity index (χ1n) is 10.3. The second-order valence-electron chi connectivity index (χ2n) is 7.70. The number of carbonyl (C=O) groups excluding carboxylic acids is 2. The highest BCUT2D eigenvalue weighted by atomic mass is 79.9. The summed E-state index contributed by atoms with van der Waals surface area (Å²) in [5.74, 6) is -2.66. The van der Waals surface area contributed by atoms with Gasteiger partial charge in [-0.1, -0.05) is 41.7 Å². The van der Waals surface area contributed by atoms with Crippen molar-refractivity contribution in [1.29, 1.82) is 0 Å². The van der Waals surface area contributed by atoms with Crippen LogP contribution in [0.5, 0.6) is 11.5 Å². The van der Waals surface area contributed by atoms with Gasteiger partial charge in [-0.2, -0.15) is 0 Å². The number of methoxy groups -OCH3 is 1. The maximum Gasteiger partial charge on any atom is 0.301 e. The molecule has 0 saturated carbocycles. The van der Waals surface area contributed by atoms with E-state index in [1.807, 2.05) is 0 Å². The largest absolute Gasteiger partial charge is 0.507 e. The predicted octanol–water partition coefficient (Wildman–Crippen LogP) is 5.54. The molecule has 176 valence electrons. The number of benzene rings is 3. The van der Waals surface area contributed by atoms with Crippen LogP contribution in [0.2, 0.25) is 0 Å². The SMILES string of the molecule is COc1cc(C2/C(=C(\O)c3ccccc3)C(=O)C(=O)N2c2nc3ccc(F)cc3s2)cc(Br)c1O. The first kappa shape index (κ1) is 23.0. The van der Waals surface area contributed by atoms with E-state index in [2.05, 4.69) is 20.9 Å². The number of ketones is 1. The number of aromatic hydroxyl groups is 1. The summed E-state index contributed by atoms with van der Waals surface area (Å²) in [4.78, 5) is 32.2. The highest BCUT2D eigenvalue weighted by molar-refractivity contribution is 9.10. The van der Waals surface area contributed by atoms with E-state index in [1.54, 1.807) is 30.3 Å². The number of aliphatic hydroxyl groups excluding tert-OH is 1. The molecule has 0 bridgehead atoms. The van der Waals surface area contributed by atoms with Crippen LogP contribution in [0.25, 0.3) is 16.0 Å². The van der Waals surface area contributed by atoms with Gasteiger partial charge in [-0.05, 0) is 51.8 Å². The minimum absolute atomic E-state index is 0.103.